The fraction of sp³-hybridized carbons (Fsp3) is 0.692. The second kappa shape index (κ2) is 7.07. The van der Waals surface area contributed by atoms with E-state index in [-0.39, 0.29) is 10.9 Å². The van der Waals surface area contributed by atoms with E-state index in [1.807, 2.05) is 6.92 Å². The molecule has 0 radical (unpaired) electrons. The monoisotopic (exact) mass is 288 g/mol. The number of hydrogen-bond acceptors (Lipinski definition) is 4. The molecule has 0 aliphatic carbocycles. The van der Waals surface area contributed by atoms with Crippen LogP contribution in [-0.4, -0.2) is 21.5 Å². The summed E-state index contributed by atoms with van der Waals surface area (Å²) in [7, 11) is -1.70. The smallest absolute Gasteiger partial charge is 0.244 e. The molecule has 0 saturated heterocycles. The number of aryl methyl sites for hydroxylation is 1. The van der Waals surface area contributed by atoms with Gasteiger partial charge in [0, 0.05) is 12.1 Å². The standard InChI is InChI=1S/C13H24N2O3S/c1-5-6-7-10(2)15-19(16,17)13-8-12(9-14-4)18-11(13)3/h8,10,14-15H,5-7,9H2,1-4H3. The predicted octanol–water partition coefficient (Wildman–Crippen LogP) is 2.16. The number of sulfonamides is 1. The molecule has 0 spiro atoms. The highest BCUT2D eigenvalue weighted by Gasteiger charge is 2.22. The van der Waals surface area contributed by atoms with Crippen molar-refractivity contribution < 1.29 is 12.8 Å². The first-order chi connectivity index (χ1) is 8.90. The lowest BCUT2D eigenvalue weighted by atomic mass is 10.2. The van der Waals surface area contributed by atoms with Crippen molar-refractivity contribution in [2.45, 2.75) is 57.5 Å². The Morgan fingerprint density at radius 1 is 1.42 bits per heavy atom. The average Bonchev–Trinajstić information content (AvgIpc) is 2.68. The molecule has 1 aromatic heterocycles. The number of furan rings is 1. The van der Waals surface area contributed by atoms with Gasteiger partial charge in [-0.1, -0.05) is 19.8 Å². The third kappa shape index (κ3) is 4.63. The van der Waals surface area contributed by atoms with E-state index < -0.39 is 10.0 Å². The summed E-state index contributed by atoms with van der Waals surface area (Å²) >= 11 is 0. The van der Waals surface area contributed by atoms with Crippen LogP contribution in [0.15, 0.2) is 15.4 Å². The number of rotatable bonds is 8. The minimum Gasteiger partial charge on any atom is -0.464 e. The lowest BCUT2D eigenvalue weighted by Crippen LogP contribution is -2.32. The summed E-state index contributed by atoms with van der Waals surface area (Å²) in [6, 6.07) is 1.52. The second-order valence-electron chi connectivity index (χ2n) is 4.83. The van der Waals surface area contributed by atoms with E-state index in [1.54, 1.807) is 20.0 Å². The summed E-state index contributed by atoms with van der Waals surface area (Å²) in [5.74, 6) is 1.06. The molecule has 1 heterocycles. The Balaban J connectivity index is 2.82. The maximum Gasteiger partial charge on any atom is 0.244 e. The van der Waals surface area contributed by atoms with Crippen LogP contribution in [0.3, 0.4) is 0 Å². The van der Waals surface area contributed by atoms with E-state index in [4.69, 9.17) is 4.42 Å². The van der Waals surface area contributed by atoms with Gasteiger partial charge in [0.05, 0.1) is 6.54 Å². The van der Waals surface area contributed by atoms with Crippen LogP contribution in [0.25, 0.3) is 0 Å². The van der Waals surface area contributed by atoms with Crippen LogP contribution in [0.4, 0.5) is 0 Å². The van der Waals surface area contributed by atoms with Crippen molar-refractivity contribution in [3.05, 3.63) is 17.6 Å². The molecule has 0 aliphatic heterocycles. The average molecular weight is 288 g/mol. The summed E-state index contributed by atoms with van der Waals surface area (Å²) < 4.78 is 32.6. The SMILES string of the molecule is CCCCC(C)NS(=O)(=O)c1cc(CNC)oc1C. The maximum atomic E-state index is 12.3. The van der Waals surface area contributed by atoms with Crippen molar-refractivity contribution in [2.75, 3.05) is 7.05 Å². The first-order valence-corrected chi connectivity index (χ1v) is 8.15. The molecule has 0 fully saturated rings. The minimum atomic E-state index is -3.49. The van der Waals surface area contributed by atoms with Crippen molar-refractivity contribution in [3.63, 3.8) is 0 Å². The minimum absolute atomic E-state index is 0.0630. The van der Waals surface area contributed by atoms with E-state index in [0.717, 1.165) is 19.3 Å². The van der Waals surface area contributed by atoms with Crippen LogP contribution < -0.4 is 10.0 Å². The quantitative estimate of drug-likeness (QED) is 0.769. The molecule has 0 saturated carbocycles. The van der Waals surface area contributed by atoms with E-state index in [0.29, 0.717) is 18.1 Å². The van der Waals surface area contributed by atoms with Crippen molar-refractivity contribution in [3.8, 4) is 0 Å². The molecule has 19 heavy (non-hydrogen) atoms. The van der Waals surface area contributed by atoms with Crippen LogP contribution in [-0.2, 0) is 16.6 Å². The summed E-state index contributed by atoms with van der Waals surface area (Å²) in [6.45, 7) is 6.16. The highest BCUT2D eigenvalue weighted by atomic mass is 32.2. The second-order valence-corrected chi connectivity index (χ2v) is 6.51. The van der Waals surface area contributed by atoms with Gasteiger partial charge in [0.2, 0.25) is 10.0 Å². The van der Waals surface area contributed by atoms with Gasteiger partial charge in [0.25, 0.3) is 0 Å². The summed E-state index contributed by atoms with van der Waals surface area (Å²) in [4.78, 5) is 0.237. The molecule has 110 valence electrons. The molecule has 5 nitrogen and oxygen atoms in total. The zero-order chi connectivity index (χ0) is 14.5. The van der Waals surface area contributed by atoms with Gasteiger partial charge in [-0.25, -0.2) is 13.1 Å². The molecule has 1 unspecified atom stereocenters. The van der Waals surface area contributed by atoms with Gasteiger partial charge in [-0.15, -0.1) is 0 Å². The van der Waals surface area contributed by atoms with Crippen LogP contribution in [0.2, 0.25) is 0 Å². The molecule has 0 bridgehead atoms. The Morgan fingerprint density at radius 3 is 2.68 bits per heavy atom. The number of unbranched alkanes of at least 4 members (excludes halogenated alkanes) is 1. The highest BCUT2D eigenvalue weighted by Crippen LogP contribution is 2.20. The molecular formula is C13H24N2O3S. The summed E-state index contributed by atoms with van der Waals surface area (Å²) in [5, 5.41) is 2.94. The van der Waals surface area contributed by atoms with E-state index in [1.165, 1.54) is 0 Å². The molecule has 1 rings (SSSR count). The first-order valence-electron chi connectivity index (χ1n) is 6.67. The van der Waals surface area contributed by atoms with E-state index in [9.17, 15) is 8.42 Å². The number of nitrogens with one attached hydrogen (secondary N) is 2. The van der Waals surface area contributed by atoms with Gasteiger partial charge in [-0.3, -0.25) is 0 Å². The fourth-order valence-electron chi connectivity index (χ4n) is 1.95. The molecule has 2 N–H and O–H groups in total. The molecule has 0 aromatic carbocycles. The topological polar surface area (TPSA) is 71.3 Å². The van der Waals surface area contributed by atoms with Crippen LogP contribution in [0.5, 0.6) is 0 Å². The van der Waals surface area contributed by atoms with Crippen molar-refractivity contribution >= 4 is 10.0 Å². The zero-order valence-corrected chi connectivity index (χ0v) is 12.9. The van der Waals surface area contributed by atoms with Gasteiger partial charge >= 0.3 is 0 Å². The molecular weight excluding hydrogens is 264 g/mol. The van der Waals surface area contributed by atoms with E-state index in [2.05, 4.69) is 17.0 Å². The van der Waals surface area contributed by atoms with Crippen molar-refractivity contribution in [1.82, 2.24) is 10.0 Å². The van der Waals surface area contributed by atoms with E-state index >= 15 is 0 Å². The Kier molecular flexibility index (Phi) is 6.03. The lowest BCUT2D eigenvalue weighted by molar-refractivity contribution is 0.465. The van der Waals surface area contributed by atoms with Gasteiger partial charge in [-0.05, 0) is 27.3 Å². The Bertz CT molecular complexity index is 494. The fourth-order valence-corrected chi connectivity index (χ4v) is 3.43. The molecule has 1 aromatic rings. The normalized spacial score (nSPS) is 13.7. The molecule has 1 atom stereocenters. The first kappa shape index (κ1) is 16.2. The van der Waals surface area contributed by atoms with Crippen LogP contribution in [0, 0.1) is 6.92 Å². The van der Waals surface area contributed by atoms with Crippen LogP contribution in [0.1, 0.15) is 44.6 Å². The molecule has 0 amide bonds. The molecule has 0 aliphatic rings. The lowest BCUT2D eigenvalue weighted by Gasteiger charge is -2.13. The van der Waals surface area contributed by atoms with Crippen molar-refractivity contribution in [1.29, 1.82) is 0 Å². The summed E-state index contributed by atoms with van der Waals surface area (Å²) in [6.07, 6.45) is 2.91. The van der Waals surface area contributed by atoms with Crippen LogP contribution >= 0.6 is 0 Å². The van der Waals surface area contributed by atoms with Gasteiger partial charge in [0.1, 0.15) is 16.4 Å². The Hall–Kier alpha value is -0.850. The molecule has 6 heteroatoms. The Morgan fingerprint density at radius 2 is 2.11 bits per heavy atom. The largest absolute Gasteiger partial charge is 0.464 e. The zero-order valence-electron chi connectivity index (χ0n) is 12.1. The maximum absolute atomic E-state index is 12.3. The van der Waals surface area contributed by atoms with Crippen molar-refractivity contribution in [2.24, 2.45) is 0 Å². The van der Waals surface area contributed by atoms with Gasteiger partial charge < -0.3 is 9.73 Å². The third-order valence-corrected chi connectivity index (χ3v) is 4.61. The third-order valence-electron chi connectivity index (χ3n) is 2.91. The van der Waals surface area contributed by atoms with Gasteiger partial charge in [0.15, 0.2) is 0 Å². The highest BCUT2D eigenvalue weighted by molar-refractivity contribution is 7.89. The summed E-state index contributed by atoms with van der Waals surface area (Å²) in [5.41, 5.74) is 0. The number of hydrogen-bond donors (Lipinski definition) is 2. The van der Waals surface area contributed by atoms with Gasteiger partial charge in [-0.2, -0.15) is 0 Å². The Labute approximate surface area is 115 Å². The predicted molar refractivity (Wildman–Crippen MR) is 75.5 cm³/mol.